The third kappa shape index (κ3) is 5.77. The minimum Gasteiger partial charge on any atom is -0.385 e. The van der Waals surface area contributed by atoms with Crippen LogP contribution in [0.1, 0.15) is 44.9 Å². The molecule has 0 unspecified atom stereocenters. The van der Waals surface area contributed by atoms with Crippen molar-refractivity contribution in [2.45, 2.75) is 51.0 Å². The fourth-order valence-corrected chi connectivity index (χ4v) is 3.35. The lowest BCUT2D eigenvalue weighted by Gasteiger charge is -2.30. The number of hydrogen-bond acceptors (Lipinski definition) is 2. The molecular formula is C16H30IN3O. The van der Waals surface area contributed by atoms with Crippen molar-refractivity contribution >= 4 is 29.9 Å². The van der Waals surface area contributed by atoms with E-state index in [1.54, 1.807) is 7.11 Å². The number of methoxy groups -OCH3 is 1. The van der Waals surface area contributed by atoms with Crippen LogP contribution in [0.4, 0.5) is 0 Å². The molecule has 0 radical (unpaired) electrons. The smallest absolute Gasteiger partial charge is 0.191 e. The molecule has 0 saturated heterocycles. The van der Waals surface area contributed by atoms with Crippen LogP contribution in [0.2, 0.25) is 0 Å². The summed E-state index contributed by atoms with van der Waals surface area (Å²) in [5.74, 6) is 0.947. The summed E-state index contributed by atoms with van der Waals surface area (Å²) in [6.45, 7) is 1.87. The van der Waals surface area contributed by atoms with Crippen LogP contribution in [0.5, 0.6) is 0 Å². The summed E-state index contributed by atoms with van der Waals surface area (Å²) < 4.78 is 5.29. The number of ether oxygens (including phenoxy) is 1. The van der Waals surface area contributed by atoms with E-state index >= 15 is 0 Å². The van der Waals surface area contributed by atoms with E-state index in [9.17, 15) is 0 Å². The lowest BCUT2D eigenvalue weighted by Crippen LogP contribution is -2.46. The second-order valence-corrected chi connectivity index (χ2v) is 6.16. The number of nitrogens with zero attached hydrogens (tertiary/aromatic N) is 1. The average molecular weight is 407 g/mol. The third-order valence-electron chi connectivity index (χ3n) is 4.70. The van der Waals surface area contributed by atoms with Crippen molar-refractivity contribution in [2.24, 2.45) is 10.4 Å². The first-order valence-corrected chi connectivity index (χ1v) is 7.89. The molecule has 0 amide bonds. The molecule has 0 atom stereocenters. The van der Waals surface area contributed by atoms with Crippen molar-refractivity contribution in [2.75, 3.05) is 27.3 Å². The summed E-state index contributed by atoms with van der Waals surface area (Å²) in [5, 5.41) is 7.05. The van der Waals surface area contributed by atoms with Gasteiger partial charge in [0, 0.05) is 33.4 Å². The zero-order valence-electron chi connectivity index (χ0n) is 13.4. The molecule has 0 aromatic carbocycles. The van der Waals surface area contributed by atoms with Gasteiger partial charge in [0.05, 0.1) is 0 Å². The molecule has 0 aliphatic heterocycles. The Bertz CT molecular complexity index is 343. The summed E-state index contributed by atoms with van der Waals surface area (Å²) >= 11 is 0. The quantitative estimate of drug-likeness (QED) is 0.308. The maximum Gasteiger partial charge on any atom is 0.191 e. The highest BCUT2D eigenvalue weighted by Crippen LogP contribution is 2.40. The molecule has 0 aromatic rings. The molecule has 122 valence electrons. The number of guanidine groups is 1. The number of nitrogens with one attached hydrogen (secondary N) is 2. The van der Waals surface area contributed by atoms with Crippen LogP contribution in [-0.2, 0) is 4.74 Å². The van der Waals surface area contributed by atoms with Gasteiger partial charge in [0.1, 0.15) is 0 Å². The van der Waals surface area contributed by atoms with E-state index in [-0.39, 0.29) is 24.0 Å². The van der Waals surface area contributed by atoms with E-state index in [4.69, 9.17) is 4.74 Å². The molecule has 0 spiro atoms. The van der Waals surface area contributed by atoms with Gasteiger partial charge in [-0.05, 0) is 37.5 Å². The number of hydrogen-bond donors (Lipinski definition) is 2. The number of rotatable bonds is 6. The van der Waals surface area contributed by atoms with Crippen LogP contribution in [0, 0.1) is 5.41 Å². The highest BCUT2D eigenvalue weighted by atomic mass is 127. The van der Waals surface area contributed by atoms with Crippen molar-refractivity contribution in [3.63, 3.8) is 0 Å². The second kappa shape index (κ2) is 9.66. The Kier molecular flexibility index (Phi) is 8.63. The number of aliphatic imine (C=N–C) groups is 1. The number of halogens is 1. The summed E-state index contributed by atoms with van der Waals surface area (Å²) in [4.78, 5) is 4.36. The molecule has 0 heterocycles. The van der Waals surface area contributed by atoms with Crippen molar-refractivity contribution < 1.29 is 4.74 Å². The topological polar surface area (TPSA) is 45.7 Å². The van der Waals surface area contributed by atoms with Gasteiger partial charge in [-0.3, -0.25) is 4.99 Å². The van der Waals surface area contributed by atoms with E-state index in [0.717, 1.165) is 38.4 Å². The first kappa shape index (κ1) is 18.7. The predicted molar refractivity (Wildman–Crippen MR) is 99.5 cm³/mol. The molecule has 2 aliphatic rings. The zero-order chi connectivity index (χ0) is 14.3. The molecule has 5 heteroatoms. The van der Waals surface area contributed by atoms with E-state index < -0.39 is 0 Å². The van der Waals surface area contributed by atoms with Gasteiger partial charge in [-0.2, -0.15) is 0 Å². The Labute approximate surface area is 146 Å². The molecule has 1 saturated carbocycles. The van der Waals surface area contributed by atoms with E-state index in [2.05, 4.69) is 27.8 Å². The van der Waals surface area contributed by atoms with Crippen LogP contribution in [0.25, 0.3) is 0 Å². The average Bonchev–Trinajstić information content (AvgIpc) is 3.13. The van der Waals surface area contributed by atoms with Crippen LogP contribution in [0.3, 0.4) is 0 Å². The van der Waals surface area contributed by atoms with Gasteiger partial charge in [0.2, 0.25) is 0 Å². The molecular weight excluding hydrogens is 377 g/mol. The summed E-state index contributed by atoms with van der Waals surface area (Å²) in [6.07, 6.45) is 13.2. The summed E-state index contributed by atoms with van der Waals surface area (Å²) in [5.41, 5.74) is 0.404. The monoisotopic (exact) mass is 407 g/mol. The van der Waals surface area contributed by atoms with Crippen LogP contribution in [-0.4, -0.2) is 39.3 Å². The van der Waals surface area contributed by atoms with Crippen LogP contribution < -0.4 is 10.6 Å². The molecule has 21 heavy (non-hydrogen) atoms. The Morgan fingerprint density at radius 3 is 2.52 bits per heavy atom. The molecule has 0 aromatic heterocycles. The van der Waals surface area contributed by atoms with E-state index in [0.29, 0.717) is 11.5 Å². The highest BCUT2D eigenvalue weighted by Gasteiger charge is 2.33. The SMILES string of the molecule is CN=C(NCC1(CCOC)CCCC1)NC1CC=CC1.I. The minimum atomic E-state index is 0. The minimum absolute atomic E-state index is 0. The van der Waals surface area contributed by atoms with Crippen LogP contribution in [0.15, 0.2) is 17.1 Å². The molecule has 0 bridgehead atoms. The van der Waals surface area contributed by atoms with Gasteiger partial charge < -0.3 is 15.4 Å². The van der Waals surface area contributed by atoms with Crippen molar-refractivity contribution in [1.29, 1.82) is 0 Å². The fourth-order valence-electron chi connectivity index (χ4n) is 3.35. The van der Waals surface area contributed by atoms with Crippen molar-refractivity contribution in [1.82, 2.24) is 10.6 Å². The lowest BCUT2D eigenvalue weighted by atomic mass is 9.83. The second-order valence-electron chi connectivity index (χ2n) is 6.16. The van der Waals surface area contributed by atoms with Gasteiger partial charge in [-0.25, -0.2) is 0 Å². The maximum atomic E-state index is 5.29. The van der Waals surface area contributed by atoms with E-state index in [1.807, 2.05) is 7.05 Å². The Hall–Kier alpha value is -0.300. The van der Waals surface area contributed by atoms with Gasteiger partial charge in [-0.1, -0.05) is 25.0 Å². The standard InChI is InChI=1S/C16H29N3O.HI/c1-17-15(19-14-7-3-4-8-14)18-13-16(11-12-20-2)9-5-6-10-16;/h3-4,14H,5-13H2,1-2H3,(H2,17,18,19);1H. The van der Waals surface area contributed by atoms with Gasteiger partial charge >= 0.3 is 0 Å². The Balaban J connectivity index is 0.00000220. The first-order valence-electron chi connectivity index (χ1n) is 7.89. The molecule has 2 N–H and O–H groups in total. The lowest BCUT2D eigenvalue weighted by molar-refractivity contribution is 0.138. The molecule has 4 nitrogen and oxygen atoms in total. The molecule has 2 rings (SSSR count). The molecule has 1 fully saturated rings. The van der Waals surface area contributed by atoms with Crippen molar-refractivity contribution in [3.8, 4) is 0 Å². The molecule has 2 aliphatic carbocycles. The van der Waals surface area contributed by atoms with Crippen molar-refractivity contribution in [3.05, 3.63) is 12.2 Å². The zero-order valence-corrected chi connectivity index (χ0v) is 15.7. The largest absolute Gasteiger partial charge is 0.385 e. The Morgan fingerprint density at radius 1 is 1.29 bits per heavy atom. The summed E-state index contributed by atoms with van der Waals surface area (Å²) in [6, 6.07) is 0.514. The highest BCUT2D eigenvalue weighted by molar-refractivity contribution is 14.0. The summed E-state index contributed by atoms with van der Waals surface area (Å²) in [7, 11) is 3.65. The third-order valence-corrected chi connectivity index (χ3v) is 4.70. The van der Waals surface area contributed by atoms with Gasteiger partial charge in [0.15, 0.2) is 5.96 Å². The normalized spacial score (nSPS) is 21.3. The predicted octanol–water partition coefficient (Wildman–Crippen LogP) is 3.08. The van der Waals surface area contributed by atoms with Gasteiger partial charge in [-0.15, -0.1) is 24.0 Å². The Morgan fingerprint density at radius 2 is 1.95 bits per heavy atom. The maximum absolute atomic E-state index is 5.29. The van der Waals surface area contributed by atoms with Crippen LogP contribution >= 0.6 is 24.0 Å². The first-order chi connectivity index (χ1) is 9.78. The fraction of sp³-hybridized carbons (Fsp3) is 0.812. The van der Waals surface area contributed by atoms with Gasteiger partial charge in [0.25, 0.3) is 0 Å². The van der Waals surface area contributed by atoms with E-state index in [1.165, 1.54) is 25.7 Å².